The Kier molecular flexibility index (Phi) is 5.09. The van der Waals surface area contributed by atoms with Crippen molar-refractivity contribution in [1.29, 1.82) is 0 Å². The molecule has 5 nitrogen and oxygen atoms in total. The summed E-state index contributed by atoms with van der Waals surface area (Å²) in [6, 6.07) is 9.85. The molecular weight excluding hydrogens is 352 g/mol. The van der Waals surface area contributed by atoms with Crippen molar-refractivity contribution in [2.45, 2.75) is 33.2 Å². The second-order valence-corrected chi connectivity index (χ2v) is 6.49. The maximum atomic E-state index is 12.6. The van der Waals surface area contributed by atoms with Crippen LogP contribution in [0.15, 0.2) is 41.2 Å². The number of pyridine rings is 2. The molecule has 0 unspecified atom stereocenters. The van der Waals surface area contributed by atoms with Crippen LogP contribution in [0.2, 0.25) is 5.02 Å². The minimum atomic E-state index is -0.975. The SMILES string of the molecule is CCc1cc2c(c(Cl)cc(=O)n2Cc2ccc(C(=O)O)cc2)c(CC)n1. The zero-order valence-electron chi connectivity index (χ0n) is 14.6. The second-order valence-electron chi connectivity index (χ2n) is 6.08. The highest BCUT2D eigenvalue weighted by atomic mass is 35.5. The molecule has 0 aliphatic carbocycles. The largest absolute Gasteiger partial charge is 0.478 e. The number of rotatable bonds is 5. The van der Waals surface area contributed by atoms with Crippen molar-refractivity contribution in [1.82, 2.24) is 9.55 Å². The molecular formula is C20H19ClN2O3. The number of hydrogen-bond donors (Lipinski definition) is 1. The highest BCUT2D eigenvalue weighted by molar-refractivity contribution is 6.35. The van der Waals surface area contributed by atoms with Crippen LogP contribution in [0, 0.1) is 0 Å². The van der Waals surface area contributed by atoms with Crippen LogP contribution < -0.4 is 5.56 Å². The normalized spacial score (nSPS) is 11.0. The van der Waals surface area contributed by atoms with Crippen LogP contribution in [0.3, 0.4) is 0 Å². The van der Waals surface area contributed by atoms with Gasteiger partial charge in [0.2, 0.25) is 0 Å². The standard InChI is InChI=1S/C20H19ClN2O3/c1-3-14-9-17-19(16(4-2)22-14)15(21)10-18(24)23(17)11-12-5-7-13(8-6-12)20(25)26/h5-10H,3-4,11H2,1-2H3,(H,25,26). The second kappa shape index (κ2) is 7.30. The molecule has 3 rings (SSSR count). The van der Waals surface area contributed by atoms with E-state index < -0.39 is 5.97 Å². The van der Waals surface area contributed by atoms with E-state index in [-0.39, 0.29) is 11.1 Å². The Morgan fingerprint density at radius 3 is 2.42 bits per heavy atom. The first-order valence-corrected chi connectivity index (χ1v) is 8.86. The number of aromatic carboxylic acids is 1. The number of aromatic nitrogens is 2. The van der Waals surface area contributed by atoms with Crippen molar-refractivity contribution in [3.8, 4) is 0 Å². The molecule has 0 fully saturated rings. The molecule has 1 N–H and O–H groups in total. The van der Waals surface area contributed by atoms with E-state index in [0.717, 1.165) is 40.7 Å². The zero-order valence-corrected chi connectivity index (χ0v) is 15.4. The summed E-state index contributed by atoms with van der Waals surface area (Å²) in [5.41, 5.74) is 3.40. The lowest BCUT2D eigenvalue weighted by Crippen LogP contribution is -2.21. The van der Waals surface area contributed by atoms with Crippen LogP contribution in [-0.2, 0) is 19.4 Å². The third-order valence-electron chi connectivity index (χ3n) is 4.41. The number of benzene rings is 1. The molecule has 0 spiro atoms. The molecule has 6 heteroatoms. The molecule has 0 aliphatic heterocycles. The van der Waals surface area contributed by atoms with Crippen LogP contribution in [0.4, 0.5) is 0 Å². The maximum Gasteiger partial charge on any atom is 0.335 e. The van der Waals surface area contributed by atoms with Crippen LogP contribution in [0.1, 0.15) is 41.2 Å². The van der Waals surface area contributed by atoms with Crippen molar-refractivity contribution < 1.29 is 9.90 Å². The Labute approximate surface area is 155 Å². The van der Waals surface area contributed by atoms with Gasteiger partial charge < -0.3 is 9.67 Å². The number of aryl methyl sites for hydroxylation is 2. The first-order chi connectivity index (χ1) is 12.4. The predicted molar refractivity (Wildman–Crippen MR) is 102 cm³/mol. The first-order valence-electron chi connectivity index (χ1n) is 8.48. The zero-order chi connectivity index (χ0) is 18.8. The van der Waals surface area contributed by atoms with Crippen molar-refractivity contribution in [2.75, 3.05) is 0 Å². The van der Waals surface area contributed by atoms with Gasteiger partial charge in [-0.05, 0) is 36.6 Å². The highest BCUT2D eigenvalue weighted by Crippen LogP contribution is 2.26. The Hall–Kier alpha value is -2.66. The number of halogens is 1. The molecule has 0 saturated heterocycles. The van der Waals surface area contributed by atoms with E-state index >= 15 is 0 Å². The maximum absolute atomic E-state index is 12.6. The van der Waals surface area contributed by atoms with E-state index in [1.165, 1.54) is 18.2 Å². The quantitative estimate of drug-likeness (QED) is 0.738. The van der Waals surface area contributed by atoms with Crippen molar-refractivity contribution in [3.63, 3.8) is 0 Å². The van der Waals surface area contributed by atoms with Crippen LogP contribution in [0.25, 0.3) is 10.9 Å². The van der Waals surface area contributed by atoms with Gasteiger partial charge in [0.05, 0.1) is 28.3 Å². The Morgan fingerprint density at radius 2 is 1.85 bits per heavy atom. The molecule has 26 heavy (non-hydrogen) atoms. The molecule has 1 aromatic carbocycles. The Bertz CT molecular complexity index is 1040. The average Bonchev–Trinajstić information content (AvgIpc) is 2.64. The summed E-state index contributed by atoms with van der Waals surface area (Å²) in [6.45, 7) is 4.37. The van der Waals surface area contributed by atoms with E-state index in [1.54, 1.807) is 16.7 Å². The number of nitrogens with zero attached hydrogens (tertiary/aromatic N) is 2. The fourth-order valence-electron chi connectivity index (χ4n) is 3.02. The number of carbonyl (C=O) groups is 1. The summed E-state index contributed by atoms with van der Waals surface area (Å²) in [6.07, 6.45) is 1.48. The monoisotopic (exact) mass is 370 g/mol. The fraction of sp³-hybridized carbons (Fsp3) is 0.250. The van der Waals surface area contributed by atoms with Gasteiger partial charge in [-0.1, -0.05) is 37.6 Å². The molecule has 0 radical (unpaired) electrons. The van der Waals surface area contributed by atoms with Crippen LogP contribution in [-0.4, -0.2) is 20.6 Å². The van der Waals surface area contributed by atoms with E-state index in [4.69, 9.17) is 16.7 Å². The van der Waals surface area contributed by atoms with Gasteiger partial charge in [-0.3, -0.25) is 9.78 Å². The van der Waals surface area contributed by atoms with Crippen molar-refractivity contribution in [3.05, 3.63) is 74.3 Å². The number of fused-ring (bicyclic) bond motifs is 1. The predicted octanol–water partition coefficient (Wildman–Crippen LogP) is 3.92. The molecule has 3 aromatic rings. The lowest BCUT2D eigenvalue weighted by Gasteiger charge is -2.15. The summed E-state index contributed by atoms with van der Waals surface area (Å²) in [5, 5.41) is 10.2. The minimum absolute atomic E-state index is 0.194. The van der Waals surface area contributed by atoms with Gasteiger partial charge in [0.1, 0.15) is 0 Å². The summed E-state index contributed by atoms with van der Waals surface area (Å²) in [4.78, 5) is 28.2. The summed E-state index contributed by atoms with van der Waals surface area (Å²) in [7, 11) is 0. The van der Waals surface area contributed by atoms with E-state index in [1.807, 2.05) is 19.9 Å². The molecule has 0 aliphatic rings. The van der Waals surface area contributed by atoms with Gasteiger partial charge >= 0.3 is 5.97 Å². The van der Waals surface area contributed by atoms with Gasteiger partial charge in [0.25, 0.3) is 5.56 Å². The molecule has 2 heterocycles. The smallest absolute Gasteiger partial charge is 0.335 e. The number of hydrogen-bond acceptors (Lipinski definition) is 3. The van der Waals surface area contributed by atoms with E-state index in [9.17, 15) is 9.59 Å². The number of carboxylic acids is 1. The molecule has 0 saturated carbocycles. The van der Waals surface area contributed by atoms with Crippen LogP contribution >= 0.6 is 11.6 Å². The molecule has 0 atom stereocenters. The Morgan fingerprint density at radius 1 is 1.15 bits per heavy atom. The molecule has 0 amide bonds. The van der Waals surface area contributed by atoms with E-state index in [0.29, 0.717) is 11.6 Å². The molecule has 134 valence electrons. The van der Waals surface area contributed by atoms with Gasteiger partial charge in [0.15, 0.2) is 0 Å². The Balaban J connectivity index is 2.18. The highest BCUT2D eigenvalue weighted by Gasteiger charge is 2.14. The summed E-state index contributed by atoms with van der Waals surface area (Å²) < 4.78 is 1.66. The lowest BCUT2D eigenvalue weighted by molar-refractivity contribution is 0.0697. The summed E-state index contributed by atoms with van der Waals surface area (Å²) in [5.74, 6) is -0.975. The average molecular weight is 371 g/mol. The fourth-order valence-corrected chi connectivity index (χ4v) is 3.32. The van der Waals surface area contributed by atoms with Gasteiger partial charge in [-0.15, -0.1) is 0 Å². The van der Waals surface area contributed by atoms with Gasteiger partial charge in [-0.25, -0.2) is 4.79 Å². The van der Waals surface area contributed by atoms with Gasteiger partial charge in [-0.2, -0.15) is 0 Å². The third kappa shape index (κ3) is 3.35. The number of carboxylic acid groups (broad SMARTS) is 1. The van der Waals surface area contributed by atoms with Crippen molar-refractivity contribution in [2.24, 2.45) is 0 Å². The summed E-state index contributed by atoms with van der Waals surface area (Å²) >= 11 is 6.35. The van der Waals surface area contributed by atoms with Gasteiger partial charge in [0, 0.05) is 17.1 Å². The topological polar surface area (TPSA) is 72.2 Å². The van der Waals surface area contributed by atoms with E-state index in [2.05, 4.69) is 4.98 Å². The molecule has 2 aromatic heterocycles. The first kappa shape index (κ1) is 18.1. The van der Waals surface area contributed by atoms with Crippen molar-refractivity contribution >= 4 is 28.5 Å². The lowest BCUT2D eigenvalue weighted by atomic mass is 10.1. The van der Waals surface area contributed by atoms with Crippen LogP contribution in [0.5, 0.6) is 0 Å². The third-order valence-corrected chi connectivity index (χ3v) is 4.71. The molecule has 0 bridgehead atoms. The minimum Gasteiger partial charge on any atom is -0.478 e.